The maximum atomic E-state index is 9.25. The van der Waals surface area contributed by atoms with Gasteiger partial charge in [0.2, 0.25) is 5.95 Å². The van der Waals surface area contributed by atoms with Crippen molar-refractivity contribution in [1.82, 2.24) is 9.97 Å². The predicted octanol–water partition coefficient (Wildman–Crippen LogP) is 0.940. The van der Waals surface area contributed by atoms with Crippen LogP contribution in [0, 0.1) is 6.92 Å². The van der Waals surface area contributed by atoms with Gasteiger partial charge >= 0.3 is 0 Å². The molecule has 1 atom stereocenters. The van der Waals surface area contributed by atoms with Gasteiger partial charge in [0, 0.05) is 11.8 Å². The molecule has 0 aliphatic carbocycles. The molecular weight excluding hydrogens is 192 g/mol. The van der Waals surface area contributed by atoms with Crippen LogP contribution in [0.2, 0.25) is 0 Å². The van der Waals surface area contributed by atoms with Crippen LogP contribution in [0.25, 0.3) is 0 Å². The Bertz CT molecular complexity index is 316. The van der Waals surface area contributed by atoms with Crippen molar-refractivity contribution < 1.29 is 5.11 Å². The van der Waals surface area contributed by atoms with E-state index in [9.17, 15) is 5.11 Å². The van der Waals surface area contributed by atoms with Crippen LogP contribution in [0.4, 0.5) is 11.8 Å². The minimum absolute atomic E-state index is 0.0481. The minimum atomic E-state index is -0.368. The molecule has 0 aromatic carbocycles. The van der Waals surface area contributed by atoms with E-state index in [-0.39, 0.29) is 18.1 Å². The van der Waals surface area contributed by atoms with E-state index in [0.717, 1.165) is 12.1 Å². The van der Waals surface area contributed by atoms with E-state index < -0.39 is 0 Å². The van der Waals surface area contributed by atoms with E-state index >= 15 is 0 Å². The number of aromatic nitrogens is 2. The van der Waals surface area contributed by atoms with Gasteiger partial charge in [0.25, 0.3) is 0 Å². The largest absolute Gasteiger partial charge is 0.394 e. The molecule has 1 aromatic heterocycles. The highest BCUT2D eigenvalue weighted by molar-refractivity contribution is 5.42. The van der Waals surface area contributed by atoms with E-state index in [1.54, 1.807) is 6.07 Å². The molecule has 0 spiro atoms. The molecule has 0 amide bonds. The molecule has 4 N–H and O–H groups in total. The second-order valence-corrected chi connectivity index (χ2v) is 3.95. The van der Waals surface area contributed by atoms with Crippen molar-refractivity contribution in [2.45, 2.75) is 32.7 Å². The SMILES string of the molecule is CCC(C)(CO)Nc1cc(C)nc(N)n1. The Kier molecular flexibility index (Phi) is 3.47. The van der Waals surface area contributed by atoms with Crippen molar-refractivity contribution in [3.63, 3.8) is 0 Å². The van der Waals surface area contributed by atoms with Crippen LogP contribution in [0.1, 0.15) is 26.0 Å². The minimum Gasteiger partial charge on any atom is -0.394 e. The molecule has 0 radical (unpaired) electrons. The van der Waals surface area contributed by atoms with E-state index in [2.05, 4.69) is 15.3 Å². The average molecular weight is 210 g/mol. The molecular formula is C10H18N4O. The standard InChI is InChI=1S/C10H18N4O/c1-4-10(3,6-15)14-8-5-7(2)12-9(11)13-8/h5,15H,4,6H2,1-3H3,(H3,11,12,13,14). The molecule has 0 fully saturated rings. The maximum Gasteiger partial charge on any atom is 0.222 e. The van der Waals surface area contributed by atoms with Gasteiger partial charge in [-0.1, -0.05) is 6.92 Å². The molecule has 0 aliphatic heterocycles. The molecule has 1 aromatic rings. The normalized spacial score (nSPS) is 14.7. The van der Waals surface area contributed by atoms with Gasteiger partial charge in [0.05, 0.1) is 12.1 Å². The van der Waals surface area contributed by atoms with Gasteiger partial charge in [-0.2, -0.15) is 4.98 Å². The van der Waals surface area contributed by atoms with E-state index in [0.29, 0.717) is 5.82 Å². The van der Waals surface area contributed by atoms with Crippen LogP contribution in [-0.4, -0.2) is 27.2 Å². The highest BCUT2D eigenvalue weighted by Crippen LogP contribution is 2.17. The summed E-state index contributed by atoms with van der Waals surface area (Å²) in [6.45, 7) is 5.83. The third kappa shape index (κ3) is 3.06. The maximum absolute atomic E-state index is 9.25. The summed E-state index contributed by atoms with van der Waals surface area (Å²) in [6, 6.07) is 1.81. The first-order valence-electron chi connectivity index (χ1n) is 4.99. The van der Waals surface area contributed by atoms with Gasteiger partial charge < -0.3 is 16.2 Å². The topological polar surface area (TPSA) is 84.1 Å². The summed E-state index contributed by atoms with van der Waals surface area (Å²) in [6.07, 6.45) is 0.798. The van der Waals surface area contributed by atoms with Gasteiger partial charge in [-0.3, -0.25) is 0 Å². The lowest BCUT2D eigenvalue weighted by Gasteiger charge is -2.27. The molecule has 1 rings (SSSR count). The van der Waals surface area contributed by atoms with Crippen molar-refractivity contribution in [2.24, 2.45) is 0 Å². The quantitative estimate of drug-likeness (QED) is 0.688. The first kappa shape index (κ1) is 11.7. The van der Waals surface area contributed by atoms with Crippen LogP contribution in [0.3, 0.4) is 0 Å². The fourth-order valence-electron chi connectivity index (χ4n) is 1.20. The number of rotatable bonds is 4. The average Bonchev–Trinajstić information content (AvgIpc) is 2.16. The van der Waals surface area contributed by atoms with Crippen molar-refractivity contribution in [3.05, 3.63) is 11.8 Å². The van der Waals surface area contributed by atoms with Gasteiger partial charge in [-0.05, 0) is 20.3 Å². The number of hydrogen-bond acceptors (Lipinski definition) is 5. The fraction of sp³-hybridized carbons (Fsp3) is 0.600. The van der Waals surface area contributed by atoms with Crippen molar-refractivity contribution in [3.8, 4) is 0 Å². The summed E-state index contributed by atoms with van der Waals surface area (Å²) in [5.41, 5.74) is 5.98. The van der Waals surface area contributed by atoms with Gasteiger partial charge in [0.1, 0.15) is 5.82 Å². The number of anilines is 2. The molecule has 0 aliphatic rings. The number of nitrogen functional groups attached to an aromatic ring is 1. The monoisotopic (exact) mass is 210 g/mol. The zero-order chi connectivity index (χ0) is 11.5. The third-order valence-corrected chi connectivity index (χ3v) is 2.43. The summed E-state index contributed by atoms with van der Waals surface area (Å²) < 4.78 is 0. The Morgan fingerprint density at radius 3 is 2.67 bits per heavy atom. The Morgan fingerprint density at radius 2 is 2.20 bits per heavy atom. The number of aliphatic hydroxyl groups excluding tert-OH is 1. The summed E-state index contributed by atoms with van der Waals surface area (Å²) in [7, 11) is 0. The fourth-order valence-corrected chi connectivity index (χ4v) is 1.20. The molecule has 1 unspecified atom stereocenters. The van der Waals surface area contributed by atoms with Crippen LogP contribution < -0.4 is 11.1 Å². The summed E-state index contributed by atoms with van der Waals surface area (Å²) in [4.78, 5) is 8.04. The van der Waals surface area contributed by atoms with Crippen LogP contribution in [0.15, 0.2) is 6.07 Å². The number of aryl methyl sites for hydroxylation is 1. The van der Waals surface area contributed by atoms with Gasteiger partial charge in [-0.15, -0.1) is 0 Å². The molecule has 84 valence electrons. The lowest BCUT2D eigenvalue weighted by atomic mass is 10.0. The second kappa shape index (κ2) is 4.44. The second-order valence-electron chi connectivity index (χ2n) is 3.95. The smallest absolute Gasteiger partial charge is 0.222 e. The first-order chi connectivity index (χ1) is 6.99. The number of nitrogens with one attached hydrogen (secondary N) is 1. The summed E-state index contributed by atoms with van der Waals surface area (Å²) in [5, 5.41) is 12.4. The molecule has 5 nitrogen and oxygen atoms in total. The van der Waals surface area contributed by atoms with Crippen LogP contribution in [-0.2, 0) is 0 Å². The van der Waals surface area contributed by atoms with E-state index in [4.69, 9.17) is 5.73 Å². The molecule has 0 bridgehead atoms. The third-order valence-electron chi connectivity index (χ3n) is 2.43. The molecule has 0 saturated heterocycles. The van der Waals surface area contributed by atoms with Crippen LogP contribution in [0.5, 0.6) is 0 Å². The predicted molar refractivity (Wildman–Crippen MR) is 60.6 cm³/mol. The van der Waals surface area contributed by atoms with Crippen molar-refractivity contribution >= 4 is 11.8 Å². The number of nitrogens with two attached hydrogens (primary N) is 1. The highest BCUT2D eigenvalue weighted by Gasteiger charge is 2.21. The van der Waals surface area contributed by atoms with E-state index in [1.807, 2.05) is 20.8 Å². The Morgan fingerprint density at radius 1 is 1.53 bits per heavy atom. The molecule has 5 heteroatoms. The molecule has 0 saturated carbocycles. The summed E-state index contributed by atoms with van der Waals surface area (Å²) >= 11 is 0. The zero-order valence-corrected chi connectivity index (χ0v) is 9.41. The summed E-state index contributed by atoms with van der Waals surface area (Å²) in [5.74, 6) is 0.896. The lowest BCUT2D eigenvalue weighted by Crippen LogP contribution is -2.38. The van der Waals surface area contributed by atoms with Gasteiger partial charge in [-0.25, -0.2) is 4.98 Å². The lowest BCUT2D eigenvalue weighted by molar-refractivity contribution is 0.218. The van der Waals surface area contributed by atoms with Crippen LogP contribution >= 0.6 is 0 Å². The first-order valence-corrected chi connectivity index (χ1v) is 4.99. The Labute approximate surface area is 89.7 Å². The van der Waals surface area contributed by atoms with Crippen molar-refractivity contribution in [1.29, 1.82) is 0 Å². The zero-order valence-electron chi connectivity index (χ0n) is 9.41. The number of hydrogen-bond donors (Lipinski definition) is 3. The Balaban J connectivity index is 2.88. The number of aliphatic hydroxyl groups is 1. The van der Waals surface area contributed by atoms with Gasteiger partial charge in [0.15, 0.2) is 0 Å². The Hall–Kier alpha value is -1.36. The van der Waals surface area contributed by atoms with Crippen molar-refractivity contribution in [2.75, 3.05) is 17.7 Å². The molecule has 15 heavy (non-hydrogen) atoms. The number of nitrogens with zero attached hydrogens (tertiary/aromatic N) is 2. The van der Waals surface area contributed by atoms with E-state index in [1.165, 1.54) is 0 Å². The molecule has 1 heterocycles. The highest BCUT2D eigenvalue weighted by atomic mass is 16.3.